The van der Waals surface area contributed by atoms with Gasteiger partial charge in [0.05, 0.1) is 23.3 Å². The van der Waals surface area contributed by atoms with Crippen LogP contribution in [0.25, 0.3) is 0 Å². The Labute approximate surface area is 153 Å². The number of sulfone groups is 1. The predicted molar refractivity (Wildman–Crippen MR) is 102 cm³/mol. The van der Waals surface area contributed by atoms with Crippen LogP contribution in [0.15, 0.2) is 47.5 Å². The molecule has 0 aromatic heterocycles. The Kier molecular flexibility index (Phi) is 4.65. The van der Waals surface area contributed by atoms with Crippen LogP contribution in [0.5, 0.6) is 0 Å². The van der Waals surface area contributed by atoms with Gasteiger partial charge in [-0.3, -0.25) is 4.99 Å². The maximum absolute atomic E-state index is 13.3. The number of hydrogen-bond donors (Lipinski definition) is 0. The number of halogens is 1. The van der Waals surface area contributed by atoms with Gasteiger partial charge in [-0.1, -0.05) is 43.5 Å². The van der Waals surface area contributed by atoms with Gasteiger partial charge in [-0.2, -0.15) is 0 Å². The van der Waals surface area contributed by atoms with Crippen LogP contribution in [0.1, 0.15) is 54.4 Å². The van der Waals surface area contributed by atoms with Crippen LogP contribution in [0, 0.1) is 5.82 Å². The molecule has 2 aliphatic rings. The van der Waals surface area contributed by atoms with E-state index in [-0.39, 0.29) is 16.8 Å². The van der Waals surface area contributed by atoms with E-state index in [4.69, 9.17) is 0 Å². The summed E-state index contributed by atoms with van der Waals surface area (Å²) in [5.74, 6) is -0.143. The first kappa shape index (κ1) is 17.4. The Morgan fingerprint density at radius 1 is 1.00 bits per heavy atom. The smallest absolute Gasteiger partial charge is 0.157 e. The number of fused-ring (bicyclic) bond motifs is 1. The molecule has 26 heavy (non-hydrogen) atoms. The van der Waals surface area contributed by atoms with E-state index >= 15 is 0 Å². The Morgan fingerprint density at radius 2 is 1.73 bits per heavy atom. The first-order valence-electron chi connectivity index (χ1n) is 9.17. The fourth-order valence-corrected chi connectivity index (χ4v) is 5.90. The maximum atomic E-state index is 13.3. The van der Waals surface area contributed by atoms with Gasteiger partial charge in [0.25, 0.3) is 0 Å². The molecule has 5 heteroatoms. The molecule has 2 aromatic rings. The minimum Gasteiger partial charge on any atom is -0.279 e. The van der Waals surface area contributed by atoms with Crippen LogP contribution in [0.2, 0.25) is 0 Å². The molecule has 0 saturated heterocycles. The third-order valence-corrected chi connectivity index (χ3v) is 7.61. The van der Waals surface area contributed by atoms with E-state index in [0.29, 0.717) is 6.54 Å². The number of rotatable bonds is 4. The molecule has 0 bridgehead atoms. The summed E-state index contributed by atoms with van der Waals surface area (Å²) >= 11 is 0. The van der Waals surface area contributed by atoms with Crippen LogP contribution in [-0.4, -0.2) is 19.4 Å². The minimum atomic E-state index is -3.09. The summed E-state index contributed by atoms with van der Waals surface area (Å²) < 4.78 is 38.6. The van der Waals surface area contributed by atoms with Crippen LogP contribution < -0.4 is 0 Å². The molecule has 0 unspecified atom stereocenters. The lowest BCUT2D eigenvalue weighted by atomic mass is 9.99. The van der Waals surface area contributed by atoms with Gasteiger partial charge in [-0.15, -0.1) is 0 Å². The van der Waals surface area contributed by atoms with Crippen LogP contribution in [-0.2, 0) is 22.1 Å². The normalized spacial score (nSPS) is 17.8. The second-order valence-corrected chi connectivity index (χ2v) is 9.51. The van der Waals surface area contributed by atoms with Crippen molar-refractivity contribution in [2.45, 2.75) is 49.7 Å². The summed E-state index contributed by atoms with van der Waals surface area (Å²) in [6.45, 7) is 0.486. The summed E-state index contributed by atoms with van der Waals surface area (Å²) in [6.07, 6.45) is 4.77. The second-order valence-electron chi connectivity index (χ2n) is 7.23. The fraction of sp³-hybridized carbons (Fsp3) is 0.381. The largest absolute Gasteiger partial charge is 0.279 e. The van der Waals surface area contributed by atoms with Crippen molar-refractivity contribution in [3.05, 3.63) is 70.5 Å². The van der Waals surface area contributed by atoms with Crippen molar-refractivity contribution in [1.82, 2.24) is 0 Å². The molecule has 136 valence electrons. The van der Waals surface area contributed by atoms with Crippen molar-refractivity contribution in [1.29, 1.82) is 0 Å². The quantitative estimate of drug-likeness (QED) is 0.798. The third kappa shape index (κ3) is 3.45. The zero-order valence-electron chi connectivity index (χ0n) is 14.6. The first-order chi connectivity index (χ1) is 12.5. The Hall–Kier alpha value is -2.01. The highest BCUT2D eigenvalue weighted by Crippen LogP contribution is 2.27. The highest BCUT2D eigenvalue weighted by atomic mass is 32.2. The van der Waals surface area contributed by atoms with E-state index < -0.39 is 9.84 Å². The zero-order chi connectivity index (χ0) is 18.1. The molecule has 4 rings (SSSR count). The Bertz CT molecular complexity index is 942. The van der Waals surface area contributed by atoms with E-state index in [1.54, 1.807) is 6.07 Å². The van der Waals surface area contributed by atoms with Gasteiger partial charge < -0.3 is 0 Å². The first-order valence-corrected chi connectivity index (χ1v) is 10.9. The maximum Gasteiger partial charge on any atom is 0.157 e. The van der Waals surface area contributed by atoms with Crippen molar-refractivity contribution < 1.29 is 12.8 Å². The minimum absolute atomic E-state index is 0.103. The molecular weight excluding hydrogens is 349 g/mol. The zero-order valence-corrected chi connectivity index (χ0v) is 15.4. The van der Waals surface area contributed by atoms with E-state index in [1.165, 1.54) is 12.1 Å². The van der Waals surface area contributed by atoms with E-state index in [2.05, 4.69) is 4.99 Å². The highest BCUT2D eigenvalue weighted by Gasteiger charge is 2.27. The molecule has 0 radical (unpaired) electrons. The van der Waals surface area contributed by atoms with Crippen molar-refractivity contribution in [3.8, 4) is 0 Å². The fourth-order valence-electron chi connectivity index (χ4n) is 3.95. The van der Waals surface area contributed by atoms with Gasteiger partial charge in [0, 0.05) is 11.1 Å². The lowest BCUT2D eigenvalue weighted by molar-refractivity contribution is 0.483. The second kappa shape index (κ2) is 6.95. The molecule has 0 spiro atoms. The van der Waals surface area contributed by atoms with Gasteiger partial charge >= 0.3 is 0 Å². The third-order valence-electron chi connectivity index (χ3n) is 5.39. The average molecular weight is 371 g/mol. The Balaban J connectivity index is 1.51. The molecule has 0 atom stereocenters. The molecular formula is C21H22FNO2S. The van der Waals surface area contributed by atoms with Crippen molar-refractivity contribution >= 4 is 15.5 Å². The summed E-state index contributed by atoms with van der Waals surface area (Å²) in [5, 5.41) is -0.183. The monoisotopic (exact) mass is 371 g/mol. The molecule has 1 saturated carbocycles. The lowest BCUT2D eigenvalue weighted by Crippen LogP contribution is -2.25. The Morgan fingerprint density at radius 3 is 2.46 bits per heavy atom. The standard InChI is InChI=1S/C21H22FNO2S/c22-18-10-11-20-17(12-18)13-23-21(20)16-8-6-15(7-9-16)14-26(24,25)19-4-2-1-3-5-19/h6-12,19H,1-5,13-14H2. The summed E-state index contributed by atoms with van der Waals surface area (Å²) in [6, 6.07) is 12.3. The van der Waals surface area contributed by atoms with Gasteiger partial charge in [0.15, 0.2) is 9.84 Å². The number of hydrogen-bond acceptors (Lipinski definition) is 3. The van der Waals surface area contributed by atoms with Crippen LogP contribution in [0.3, 0.4) is 0 Å². The molecule has 0 amide bonds. The topological polar surface area (TPSA) is 46.5 Å². The summed E-state index contributed by atoms with van der Waals surface area (Å²) in [4.78, 5) is 4.52. The molecule has 1 aliphatic carbocycles. The molecule has 1 fully saturated rings. The van der Waals surface area contributed by atoms with Crippen LogP contribution in [0.4, 0.5) is 4.39 Å². The lowest BCUT2D eigenvalue weighted by Gasteiger charge is -2.21. The number of aliphatic imine (C=N–C) groups is 1. The summed E-state index contributed by atoms with van der Waals surface area (Å²) in [7, 11) is -3.09. The summed E-state index contributed by atoms with van der Waals surface area (Å²) in [5.41, 5.74) is 4.45. The van der Waals surface area contributed by atoms with Gasteiger partial charge in [-0.05, 0) is 42.2 Å². The molecule has 1 aliphatic heterocycles. The molecule has 1 heterocycles. The van der Waals surface area contributed by atoms with Crippen LogP contribution >= 0.6 is 0 Å². The average Bonchev–Trinajstić information content (AvgIpc) is 3.06. The van der Waals surface area contributed by atoms with Gasteiger partial charge in [-0.25, -0.2) is 12.8 Å². The van der Waals surface area contributed by atoms with Crippen molar-refractivity contribution in [3.63, 3.8) is 0 Å². The van der Waals surface area contributed by atoms with E-state index in [9.17, 15) is 12.8 Å². The van der Waals surface area contributed by atoms with Crippen molar-refractivity contribution in [2.75, 3.05) is 0 Å². The molecule has 2 aromatic carbocycles. The number of nitrogens with zero attached hydrogens (tertiary/aromatic N) is 1. The predicted octanol–water partition coefficient (Wildman–Crippen LogP) is 4.42. The van der Waals surface area contributed by atoms with Gasteiger partial charge in [0.2, 0.25) is 0 Å². The molecule has 3 nitrogen and oxygen atoms in total. The van der Waals surface area contributed by atoms with E-state index in [0.717, 1.165) is 60.1 Å². The SMILES string of the molecule is O=S(=O)(Cc1ccc(C2=NCc3cc(F)ccc32)cc1)C1CCCCC1. The highest BCUT2D eigenvalue weighted by molar-refractivity contribution is 7.91. The van der Waals surface area contributed by atoms with Crippen molar-refractivity contribution in [2.24, 2.45) is 4.99 Å². The van der Waals surface area contributed by atoms with E-state index in [1.807, 2.05) is 24.3 Å². The van der Waals surface area contributed by atoms with Gasteiger partial charge in [0.1, 0.15) is 5.82 Å². The molecule has 0 N–H and O–H groups in total. The number of benzene rings is 2.